The van der Waals surface area contributed by atoms with Crippen LogP contribution in [0.3, 0.4) is 0 Å². The van der Waals surface area contributed by atoms with E-state index in [2.05, 4.69) is 22.7 Å². The number of hydrogen-bond donors (Lipinski definition) is 1. The van der Waals surface area contributed by atoms with Crippen molar-refractivity contribution in [3.63, 3.8) is 0 Å². The van der Waals surface area contributed by atoms with Gasteiger partial charge in [-0.3, -0.25) is 15.5 Å². The fourth-order valence-corrected chi connectivity index (χ4v) is 2.26. The third-order valence-corrected chi connectivity index (χ3v) is 3.48. The van der Waals surface area contributed by atoms with Crippen molar-refractivity contribution in [1.82, 2.24) is 0 Å². The van der Waals surface area contributed by atoms with Gasteiger partial charge in [0.25, 0.3) is 5.69 Å². The van der Waals surface area contributed by atoms with E-state index < -0.39 is 4.92 Å². The van der Waals surface area contributed by atoms with Crippen LogP contribution in [0, 0.1) is 10.1 Å². The van der Waals surface area contributed by atoms with Crippen LogP contribution in [0.2, 0.25) is 0 Å². The fraction of sp³-hybridized carbons (Fsp3) is 0. The van der Waals surface area contributed by atoms with E-state index in [0.717, 1.165) is 16.7 Å². The zero-order valence-electron chi connectivity index (χ0n) is 12.8. The maximum absolute atomic E-state index is 10.7. The quantitative estimate of drug-likeness (QED) is 0.421. The van der Waals surface area contributed by atoms with Gasteiger partial charge in [-0.05, 0) is 22.8 Å². The fourth-order valence-electron chi connectivity index (χ4n) is 2.26. The predicted octanol–water partition coefficient (Wildman–Crippen LogP) is 4.71. The largest absolute Gasteiger partial charge is 0.278 e. The molecule has 118 valence electrons. The molecule has 3 rings (SSSR count). The van der Waals surface area contributed by atoms with Crippen LogP contribution in [-0.4, -0.2) is 11.1 Å². The standard InChI is InChI=1S/C19H15N3O2/c23-22(24)19-8-4-7-18(13-19)21-20-14-15-9-11-17(12-10-15)16-5-2-1-3-6-16/h1-14,21H/b20-14+. The Morgan fingerprint density at radius 2 is 1.58 bits per heavy atom. The maximum Gasteiger partial charge on any atom is 0.271 e. The van der Waals surface area contributed by atoms with E-state index in [0.29, 0.717) is 5.69 Å². The van der Waals surface area contributed by atoms with Crippen molar-refractivity contribution < 1.29 is 4.92 Å². The van der Waals surface area contributed by atoms with Crippen molar-refractivity contribution in [2.75, 3.05) is 5.43 Å². The normalized spacial score (nSPS) is 10.7. The van der Waals surface area contributed by atoms with Gasteiger partial charge in [0.1, 0.15) is 0 Å². The Kier molecular flexibility index (Phi) is 4.62. The molecule has 0 radical (unpaired) electrons. The molecule has 0 bridgehead atoms. The highest BCUT2D eigenvalue weighted by Crippen LogP contribution is 2.19. The molecule has 24 heavy (non-hydrogen) atoms. The number of nitrogens with zero attached hydrogens (tertiary/aromatic N) is 2. The Labute approximate surface area is 139 Å². The molecular weight excluding hydrogens is 302 g/mol. The lowest BCUT2D eigenvalue weighted by atomic mass is 10.0. The third kappa shape index (κ3) is 3.84. The average molecular weight is 317 g/mol. The molecule has 0 aliphatic heterocycles. The summed E-state index contributed by atoms with van der Waals surface area (Å²) in [6.07, 6.45) is 1.67. The molecule has 0 spiro atoms. The summed E-state index contributed by atoms with van der Waals surface area (Å²) < 4.78 is 0. The van der Waals surface area contributed by atoms with E-state index in [4.69, 9.17) is 0 Å². The highest BCUT2D eigenvalue weighted by atomic mass is 16.6. The van der Waals surface area contributed by atoms with Crippen molar-refractivity contribution in [3.8, 4) is 11.1 Å². The second-order valence-electron chi connectivity index (χ2n) is 5.17. The number of nitro benzene ring substituents is 1. The maximum atomic E-state index is 10.7. The summed E-state index contributed by atoms with van der Waals surface area (Å²) in [6, 6.07) is 24.4. The van der Waals surface area contributed by atoms with Crippen LogP contribution in [0.5, 0.6) is 0 Å². The van der Waals surface area contributed by atoms with Crippen LogP contribution in [0.25, 0.3) is 11.1 Å². The molecule has 5 nitrogen and oxygen atoms in total. The molecule has 0 unspecified atom stereocenters. The number of nitrogens with one attached hydrogen (secondary N) is 1. The minimum absolute atomic E-state index is 0.0300. The molecule has 0 fully saturated rings. The number of hydrogen-bond acceptors (Lipinski definition) is 4. The lowest BCUT2D eigenvalue weighted by Gasteiger charge is -2.02. The predicted molar refractivity (Wildman–Crippen MR) is 96.2 cm³/mol. The number of hydrazone groups is 1. The molecule has 0 atom stereocenters. The van der Waals surface area contributed by atoms with Gasteiger partial charge < -0.3 is 0 Å². The van der Waals surface area contributed by atoms with Crippen LogP contribution in [0.4, 0.5) is 11.4 Å². The highest BCUT2D eigenvalue weighted by Gasteiger charge is 2.04. The third-order valence-electron chi connectivity index (χ3n) is 3.48. The zero-order valence-corrected chi connectivity index (χ0v) is 12.8. The molecule has 5 heteroatoms. The molecule has 3 aromatic carbocycles. The average Bonchev–Trinajstić information content (AvgIpc) is 2.63. The van der Waals surface area contributed by atoms with Crippen LogP contribution in [0.1, 0.15) is 5.56 Å². The van der Waals surface area contributed by atoms with Crippen LogP contribution in [-0.2, 0) is 0 Å². The van der Waals surface area contributed by atoms with Gasteiger partial charge in [-0.25, -0.2) is 0 Å². The zero-order chi connectivity index (χ0) is 16.8. The molecule has 0 saturated heterocycles. The highest BCUT2D eigenvalue weighted by molar-refractivity contribution is 5.81. The second-order valence-corrected chi connectivity index (χ2v) is 5.17. The van der Waals surface area contributed by atoms with Crippen LogP contribution < -0.4 is 5.43 Å². The lowest BCUT2D eigenvalue weighted by molar-refractivity contribution is -0.384. The lowest BCUT2D eigenvalue weighted by Crippen LogP contribution is -1.93. The van der Waals surface area contributed by atoms with Gasteiger partial charge in [-0.15, -0.1) is 0 Å². The molecule has 0 aromatic heterocycles. The molecule has 0 saturated carbocycles. The van der Waals surface area contributed by atoms with Gasteiger partial charge in [0.05, 0.1) is 16.8 Å². The Morgan fingerprint density at radius 1 is 0.875 bits per heavy atom. The van der Waals surface area contributed by atoms with E-state index >= 15 is 0 Å². The first-order valence-corrected chi connectivity index (χ1v) is 7.41. The van der Waals surface area contributed by atoms with E-state index in [9.17, 15) is 10.1 Å². The van der Waals surface area contributed by atoms with E-state index in [1.807, 2.05) is 42.5 Å². The summed E-state index contributed by atoms with van der Waals surface area (Å²) in [4.78, 5) is 10.3. The smallest absolute Gasteiger partial charge is 0.271 e. The number of benzene rings is 3. The first-order valence-electron chi connectivity index (χ1n) is 7.41. The van der Waals surface area contributed by atoms with E-state index in [1.54, 1.807) is 18.3 Å². The Balaban J connectivity index is 1.67. The number of rotatable bonds is 5. The van der Waals surface area contributed by atoms with E-state index in [-0.39, 0.29) is 5.69 Å². The van der Waals surface area contributed by atoms with Crippen molar-refractivity contribution in [2.45, 2.75) is 0 Å². The van der Waals surface area contributed by atoms with E-state index in [1.165, 1.54) is 12.1 Å². The van der Waals surface area contributed by atoms with Crippen LogP contribution >= 0.6 is 0 Å². The van der Waals surface area contributed by atoms with Gasteiger partial charge in [-0.2, -0.15) is 5.10 Å². The molecular formula is C19H15N3O2. The minimum Gasteiger partial charge on any atom is -0.278 e. The van der Waals surface area contributed by atoms with Gasteiger partial charge in [0.15, 0.2) is 0 Å². The summed E-state index contributed by atoms with van der Waals surface area (Å²) in [5.74, 6) is 0. The Bertz CT molecular complexity index is 859. The minimum atomic E-state index is -0.433. The topological polar surface area (TPSA) is 67.5 Å². The Morgan fingerprint density at radius 3 is 2.29 bits per heavy atom. The summed E-state index contributed by atoms with van der Waals surface area (Å²) in [7, 11) is 0. The molecule has 0 amide bonds. The summed E-state index contributed by atoms with van der Waals surface area (Å²) in [6.45, 7) is 0. The molecule has 0 aliphatic carbocycles. The monoisotopic (exact) mass is 317 g/mol. The van der Waals surface area contributed by atoms with Crippen LogP contribution in [0.15, 0.2) is 84.0 Å². The Hall–Kier alpha value is -3.47. The first kappa shape index (κ1) is 15.4. The van der Waals surface area contributed by atoms with Crippen molar-refractivity contribution >= 4 is 17.6 Å². The first-order chi connectivity index (χ1) is 11.7. The molecule has 0 aliphatic rings. The van der Waals surface area contributed by atoms with Crippen molar-refractivity contribution in [2.24, 2.45) is 5.10 Å². The number of non-ortho nitro benzene ring substituents is 1. The second kappa shape index (κ2) is 7.19. The molecule has 3 aromatic rings. The van der Waals surface area contributed by atoms with Crippen molar-refractivity contribution in [3.05, 3.63) is 94.5 Å². The SMILES string of the molecule is O=[N+]([O-])c1cccc(N/N=C/c2ccc(-c3ccccc3)cc2)c1. The van der Waals surface area contributed by atoms with Crippen molar-refractivity contribution in [1.29, 1.82) is 0 Å². The molecule has 1 N–H and O–H groups in total. The van der Waals surface area contributed by atoms with Gasteiger partial charge in [0.2, 0.25) is 0 Å². The van der Waals surface area contributed by atoms with Gasteiger partial charge in [-0.1, -0.05) is 60.7 Å². The molecule has 0 heterocycles. The number of anilines is 1. The van der Waals surface area contributed by atoms with Gasteiger partial charge in [0, 0.05) is 12.1 Å². The summed E-state index contributed by atoms with van der Waals surface area (Å²) in [5.41, 5.74) is 6.64. The summed E-state index contributed by atoms with van der Waals surface area (Å²) in [5, 5.41) is 14.9. The number of nitro groups is 1. The van der Waals surface area contributed by atoms with Gasteiger partial charge >= 0.3 is 0 Å². The summed E-state index contributed by atoms with van der Waals surface area (Å²) >= 11 is 0.